The second-order valence-electron chi connectivity index (χ2n) is 15.4. The molecule has 0 fully saturated rings. The molecule has 0 aliphatic carbocycles. The van der Waals surface area contributed by atoms with Crippen LogP contribution in [0.2, 0.25) is 0 Å². The third-order valence-corrected chi connectivity index (χ3v) is 10.2. The van der Waals surface area contributed by atoms with Crippen LogP contribution in [0.4, 0.5) is 0 Å². The summed E-state index contributed by atoms with van der Waals surface area (Å²) in [5.41, 5.74) is 0. The zero-order chi connectivity index (χ0) is 39.3. The number of aliphatic hydroxyl groups excluding tert-OH is 2. The molecule has 4 nitrogen and oxygen atoms in total. The molecule has 0 aliphatic rings. The average molecular weight is 752 g/mol. The summed E-state index contributed by atoms with van der Waals surface area (Å²) in [5.74, 6) is -0.0769. The van der Waals surface area contributed by atoms with Crippen molar-refractivity contribution in [1.82, 2.24) is 5.32 Å². The number of aliphatic hydroxyl groups is 2. The van der Waals surface area contributed by atoms with Gasteiger partial charge >= 0.3 is 0 Å². The molecule has 0 bridgehead atoms. The standard InChI is InChI=1S/C50H89NO3/c1-3-5-7-9-11-13-14-15-16-17-18-19-20-21-22-23-24-25-26-27-28-29-30-31-32-33-34-35-36-38-40-42-44-46-50(54)51-48(47-52)49(53)45-43-41-39-37-12-10-8-6-4-2/h5,7,11-13,15-16,18-19,37,43,45,48-49,52-53H,3-4,6,8-10,14,17,20-36,38-42,44,46-47H2,1-2H3,(H,51,54)/b7-5-,13-11-,16-15-,19-18-,37-12+,45-43+. The molecule has 0 aromatic rings. The van der Waals surface area contributed by atoms with E-state index in [0.717, 1.165) is 57.8 Å². The fourth-order valence-electron chi connectivity index (χ4n) is 6.66. The largest absolute Gasteiger partial charge is 0.394 e. The van der Waals surface area contributed by atoms with Crippen LogP contribution in [-0.2, 0) is 4.79 Å². The number of amides is 1. The number of allylic oxidation sites excluding steroid dienone is 11. The van der Waals surface area contributed by atoms with Crippen molar-refractivity contribution in [3.63, 3.8) is 0 Å². The molecule has 0 saturated carbocycles. The Hall–Kier alpha value is -2.17. The van der Waals surface area contributed by atoms with Gasteiger partial charge in [-0.25, -0.2) is 0 Å². The van der Waals surface area contributed by atoms with E-state index in [4.69, 9.17) is 0 Å². The van der Waals surface area contributed by atoms with E-state index in [0.29, 0.717) is 6.42 Å². The van der Waals surface area contributed by atoms with Gasteiger partial charge in [0.2, 0.25) is 5.91 Å². The number of nitrogens with one attached hydrogen (secondary N) is 1. The first-order valence-electron chi connectivity index (χ1n) is 23.2. The summed E-state index contributed by atoms with van der Waals surface area (Å²) < 4.78 is 0. The Morgan fingerprint density at radius 2 is 0.833 bits per heavy atom. The Kier molecular flexibility index (Phi) is 43.4. The highest BCUT2D eigenvalue weighted by atomic mass is 16.3. The van der Waals surface area contributed by atoms with Crippen LogP contribution in [0.3, 0.4) is 0 Å². The van der Waals surface area contributed by atoms with Crippen molar-refractivity contribution >= 4 is 5.91 Å². The fourth-order valence-corrected chi connectivity index (χ4v) is 6.66. The predicted octanol–water partition coefficient (Wildman–Crippen LogP) is 14.7. The molecule has 54 heavy (non-hydrogen) atoms. The van der Waals surface area contributed by atoms with Crippen LogP contribution in [-0.4, -0.2) is 34.9 Å². The summed E-state index contributed by atoms with van der Waals surface area (Å²) in [6, 6.07) is -0.637. The van der Waals surface area contributed by atoms with Gasteiger partial charge in [0.1, 0.15) is 0 Å². The Morgan fingerprint density at radius 3 is 1.30 bits per heavy atom. The Balaban J connectivity index is 3.44. The minimum Gasteiger partial charge on any atom is -0.394 e. The molecular formula is C50H89NO3. The predicted molar refractivity (Wildman–Crippen MR) is 239 cm³/mol. The van der Waals surface area contributed by atoms with E-state index in [1.165, 1.54) is 141 Å². The van der Waals surface area contributed by atoms with Crippen LogP contribution in [0, 0.1) is 0 Å². The molecule has 1 amide bonds. The lowest BCUT2D eigenvalue weighted by Gasteiger charge is -2.19. The number of unbranched alkanes of at least 4 members (excludes halogenated alkanes) is 24. The molecule has 0 aromatic heterocycles. The van der Waals surface area contributed by atoms with Crippen LogP contribution < -0.4 is 5.32 Å². The van der Waals surface area contributed by atoms with Gasteiger partial charge in [-0.05, 0) is 70.6 Å². The van der Waals surface area contributed by atoms with E-state index < -0.39 is 12.1 Å². The van der Waals surface area contributed by atoms with Gasteiger partial charge in [-0.3, -0.25) is 4.79 Å². The number of hydrogen-bond donors (Lipinski definition) is 3. The van der Waals surface area contributed by atoms with Gasteiger partial charge in [0.25, 0.3) is 0 Å². The Bertz CT molecular complexity index is 946. The number of carbonyl (C=O) groups excluding carboxylic acids is 1. The van der Waals surface area contributed by atoms with Crippen molar-refractivity contribution < 1.29 is 15.0 Å². The van der Waals surface area contributed by atoms with E-state index >= 15 is 0 Å². The van der Waals surface area contributed by atoms with Crippen molar-refractivity contribution in [1.29, 1.82) is 0 Å². The highest BCUT2D eigenvalue weighted by molar-refractivity contribution is 5.76. The molecule has 2 atom stereocenters. The Morgan fingerprint density at radius 1 is 0.463 bits per heavy atom. The highest BCUT2D eigenvalue weighted by Gasteiger charge is 2.17. The van der Waals surface area contributed by atoms with Crippen LogP contribution >= 0.6 is 0 Å². The highest BCUT2D eigenvalue weighted by Crippen LogP contribution is 2.15. The zero-order valence-electron chi connectivity index (χ0n) is 35.7. The molecule has 2 unspecified atom stereocenters. The molecule has 0 aromatic carbocycles. The van der Waals surface area contributed by atoms with Crippen molar-refractivity contribution in [2.24, 2.45) is 0 Å². The molecule has 0 aliphatic heterocycles. The van der Waals surface area contributed by atoms with Crippen LogP contribution in [0.5, 0.6) is 0 Å². The summed E-state index contributed by atoms with van der Waals surface area (Å²) in [4.78, 5) is 12.3. The minimum atomic E-state index is -0.860. The summed E-state index contributed by atoms with van der Waals surface area (Å²) >= 11 is 0. The van der Waals surface area contributed by atoms with Gasteiger partial charge in [-0.1, -0.05) is 215 Å². The van der Waals surface area contributed by atoms with Crippen molar-refractivity contribution in [3.8, 4) is 0 Å². The van der Waals surface area contributed by atoms with E-state index in [1.54, 1.807) is 6.08 Å². The second-order valence-corrected chi connectivity index (χ2v) is 15.4. The third kappa shape index (κ3) is 41.0. The molecule has 3 N–H and O–H groups in total. The lowest BCUT2D eigenvalue weighted by atomic mass is 10.0. The topological polar surface area (TPSA) is 69.6 Å². The van der Waals surface area contributed by atoms with E-state index in [9.17, 15) is 15.0 Å². The maximum Gasteiger partial charge on any atom is 0.220 e. The van der Waals surface area contributed by atoms with E-state index in [1.807, 2.05) is 6.08 Å². The first kappa shape index (κ1) is 51.8. The van der Waals surface area contributed by atoms with E-state index in [2.05, 4.69) is 79.9 Å². The summed E-state index contributed by atoms with van der Waals surface area (Å²) in [6.45, 7) is 4.13. The normalized spacial score (nSPS) is 13.6. The molecule has 312 valence electrons. The van der Waals surface area contributed by atoms with Gasteiger partial charge in [0.15, 0.2) is 0 Å². The molecule has 0 saturated heterocycles. The second kappa shape index (κ2) is 45.2. The molecule has 4 heteroatoms. The molecule has 0 heterocycles. The number of rotatable bonds is 41. The quantitative estimate of drug-likeness (QED) is 0.0430. The van der Waals surface area contributed by atoms with E-state index in [-0.39, 0.29) is 12.5 Å². The van der Waals surface area contributed by atoms with Crippen LogP contribution in [0.1, 0.15) is 219 Å². The fraction of sp³-hybridized carbons (Fsp3) is 0.740. The minimum absolute atomic E-state index is 0.0769. The molecule has 0 rings (SSSR count). The summed E-state index contributed by atoms with van der Waals surface area (Å²) in [7, 11) is 0. The maximum atomic E-state index is 12.3. The monoisotopic (exact) mass is 752 g/mol. The van der Waals surface area contributed by atoms with Crippen LogP contribution in [0.15, 0.2) is 72.9 Å². The van der Waals surface area contributed by atoms with Gasteiger partial charge in [-0.15, -0.1) is 0 Å². The van der Waals surface area contributed by atoms with Gasteiger partial charge < -0.3 is 15.5 Å². The SMILES string of the molecule is CC/C=C\C/C=C\C/C=C\C/C=C\CCCCCCCCCCCCCCCCCCCCCCC(=O)NC(CO)C(O)/C=C/CC/C=C/CCCCC. The lowest BCUT2D eigenvalue weighted by Crippen LogP contribution is -2.45. The van der Waals surface area contributed by atoms with Crippen molar-refractivity contribution in [2.75, 3.05) is 6.61 Å². The maximum absolute atomic E-state index is 12.3. The third-order valence-electron chi connectivity index (χ3n) is 10.2. The lowest BCUT2D eigenvalue weighted by molar-refractivity contribution is -0.123. The molecular weight excluding hydrogens is 663 g/mol. The van der Waals surface area contributed by atoms with Crippen molar-refractivity contribution in [3.05, 3.63) is 72.9 Å². The number of hydrogen-bond acceptors (Lipinski definition) is 3. The van der Waals surface area contributed by atoms with Gasteiger partial charge in [0.05, 0.1) is 18.8 Å². The van der Waals surface area contributed by atoms with Gasteiger partial charge in [-0.2, -0.15) is 0 Å². The summed E-state index contributed by atoms with van der Waals surface area (Å²) in [6.07, 6.45) is 64.7. The number of carbonyl (C=O) groups is 1. The molecule has 0 radical (unpaired) electrons. The first-order valence-corrected chi connectivity index (χ1v) is 23.2. The zero-order valence-corrected chi connectivity index (χ0v) is 35.7. The van der Waals surface area contributed by atoms with Gasteiger partial charge in [0, 0.05) is 6.42 Å². The first-order chi connectivity index (χ1) is 26.7. The average Bonchev–Trinajstić information content (AvgIpc) is 3.18. The van der Waals surface area contributed by atoms with Crippen molar-refractivity contribution in [2.45, 2.75) is 231 Å². The smallest absolute Gasteiger partial charge is 0.220 e. The van der Waals surface area contributed by atoms with Crippen LogP contribution in [0.25, 0.3) is 0 Å². The molecule has 0 spiro atoms. The Labute approximate surface area is 336 Å². The summed E-state index contributed by atoms with van der Waals surface area (Å²) in [5, 5.41) is 22.8.